The monoisotopic (exact) mass is 619 g/mol. The number of likely N-dealkylation sites (tertiary alicyclic amines) is 1. The molecule has 0 spiro atoms. The second-order valence-corrected chi connectivity index (χ2v) is 12.7. The smallest absolute Gasteiger partial charge is 0.231 e. The van der Waals surface area contributed by atoms with Gasteiger partial charge in [-0.2, -0.15) is 0 Å². The van der Waals surface area contributed by atoms with E-state index in [0.717, 1.165) is 61.1 Å². The average molecular weight is 620 g/mol. The van der Waals surface area contributed by atoms with Crippen molar-refractivity contribution in [2.75, 3.05) is 46.9 Å². The molecule has 8 nitrogen and oxygen atoms in total. The lowest BCUT2D eigenvalue weighted by molar-refractivity contribution is -0.133. The highest BCUT2D eigenvalue weighted by atomic mass is 16.5. The Hall–Kier alpha value is -4.43. The van der Waals surface area contributed by atoms with Crippen LogP contribution in [0.5, 0.6) is 0 Å². The van der Waals surface area contributed by atoms with Crippen molar-refractivity contribution in [2.24, 2.45) is 11.8 Å². The van der Waals surface area contributed by atoms with Gasteiger partial charge in [-0.15, -0.1) is 0 Å². The van der Waals surface area contributed by atoms with Gasteiger partial charge in [0.1, 0.15) is 0 Å². The van der Waals surface area contributed by atoms with E-state index in [-0.39, 0.29) is 17.7 Å². The predicted molar refractivity (Wildman–Crippen MR) is 182 cm³/mol. The summed E-state index contributed by atoms with van der Waals surface area (Å²) in [6.45, 7) is 4.86. The van der Waals surface area contributed by atoms with E-state index in [0.29, 0.717) is 38.6 Å². The molecular weight excluding hydrogens is 574 g/mol. The highest BCUT2D eigenvalue weighted by Gasteiger charge is 2.34. The summed E-state index contributed by atoms with van der Waals surface area (Å²) < 4.78 is 7.52. The first kappa shape index (κ1) is 31.5. The van der Waals surface area contributed by atoms with Crippen LogP contribution in [0.25, 0.3) is 16.3 Å². The van der Waals surface area contributed by atoms with Crippen molar-refractivity contribution in [1.82, 2.24) is 24.3 Å². The number of carbonyl (C=O) groups excluding carboxylic acids is 2. The summed E-state index contributed by atoms with van der Waals surface area (Å²) in [5.74, 6) is 0.589. The second-order valence-electron chi connectivity index (χ2n) is 12.7. The molecule has 0 bridgehead atoms. The normalized spacial score (nSPS) is 17.0. The van der Waals surface area contributed by atoms with E-state index < -0.39 is 0 Å². The summed E-state index contributed by atoms with van der Waals surface area (Å²) in [5, 5.41) is 2.32. The molecule has 0 N–H and O–H groups in total. The van der Waals surface area contributed by atoms with Gasteiger partial charge in [0.2, 0.25) is 11.8 Å². The van der Waals surface area contributed by atoms with Crippen LogP contribution < -0.4 is 0 Å². The van der Waals surface area contributed by atoms with Crippen LogP contribution in [0.1, 0.15) is 36.1 Å². The zero-order valence-electron chi connectivity index (χ0n) is 27.1. The Bertz CT molecular complexity index is 1650. The van der Waals surface area contributed by atoms with Gasteiger partial charge < -0.3 is 24.0 Å². The minimum atomic E-state index is -0.271. The molecule has 8 heteroatoms. The second kappa shape index (κ2) is 14.8. The molecule has 2 amide bonds. The number of aryl methyl sites for hydroxylation is 1. The Balaban J connectivity index is 1.11. The number of piperidine rings is 1. The number of aromatic nitrogens is 2. The lowest BCUT2D eigenvalue weighted by Crippen LogP contribution is -2.39. The number of methoxy groups -OCH3 is 1. The maximum absolute atomic E-state index is 13.8. The molecule has 1 fully saturated rings. The fourth-order valence-corrected chi connectivity index (χ4v) is 6.88. The summed E-state index contributed by atoms with van der Waals surface area (Å²) in [6, 6.07) is 25.0. The first-order chi connectivity index (χ1) is 22.5. The number of likely N-dealkylation sites (N-methyl/N-ethyl adjacent to an activating group) is 1. The van der Waals surface area contributed by atoms with Crippen molar-refractivity contribution < 1.29 is 14.3 Å². The number of carbonyl (C=O) groups is 2. The zero-order valence-corrected chi connectivity index (χ0v) is 27.1. The van der Waals surface area contributed by atoms with Crippen LogP contribution >= 0.6 is 0 Å². The van der Waals surface area contributed by atoms with Crippen molar-refractivity contribution in [2.45, 2.75) is 38.8 Å². The van der Waals surface area contributed by atoms with Crippen LogP contribution in [0.2, 0.25) is 0 Å². The third-order valence-electron chi connectivity index (χ3n) is 9.58. The standard InChI is InChI=1S/C38H45N5O3/c1-40(21-22-46-2)38(45)36-27-41(26-35(36)34-14-8-12-31-11-6-7-13-33(31)34)25-32-23-39-28-43(32)24-30-17-19-42(20-18-30)37(44)16-15-29-9-4-3-5-10-29/h3-14,23,26,28,30,36H,15-22,24-25,27H2,1-2H3. The van der Waals surface area contributed by atoms with Gasteiger partial charge in [0.25, 0.3) is 0 Å². The number of amides is 2. The highest BCUT2D eigenvalue weighted by Crippen LogP contribution is 2.36. The number of nitrogens with zero attached hydrogens (tertiary/aromatic N) is 5. The van der Waals surface area contributed by atoms with E-state index in [1.165, 1.54) is 10.9 Å². The summed E-state index contributed by atoms with van der Waals surface area (Å²) in [5.41, 5.74) is 4.51. The average Bonchev–Trinajstić information content (AvgIpc) is 3.72. The Morgan fingerprint density at radius 2 is 1.74 bits per heavy atom. The first-order valence-electron chi connectivity index (χ1n) is 16.5. The maximum Gasteiger partial charge on any atom is 0.231 e. The van der Waals surface area contributed by atoms with Crippen molar-refractivity contribution in [1.29, 1.82) is 0 Å². The van der Waals surface area contributed by atoms with Crippen LogP contribution in [0, 0.1) is 11.8 Å². The van der Waals surface area contributed by atoms with E-state index in [1.54, 1.807) is 12.0 Å². The number of hydrogen-bond donors (Lipinski definition) is 0. The van der Waals surface area contributed by atoms with Crippen molar-refractivity contribution >= 4 is 28.2 Å². The molecule has 1 atom stereocenters. The van der Waals surface area contributed by atoms with E-state index >= 15 is 0 Å². The molecule has 0 radical (unpaired) electrons. The molecule has 0 saturated carbocycles. The molecule has 240 valence electrons. The Labute approximate surface area is 272 Å². The van der Waals surface area contributed by atoms with Crippen LogP contribution in [-0.2, 0) is 33.8 Å². The van der Waals surface area contributed by atoms with E-state index in [1.807, 2.05) is 42.7 Å². The minimum absolute atomic E-state index is 0.109. The van der Waals surface area contributed by atoms with Gasteiger partial charge in [-0.1, -0.05) is 72.8 Å². The Morgan fingerprint density at radius 1 is 0.978 bits per heavy atom. The number of hydrogen-bond acceptors (Lipinski definition) is 5. The van der Waals surface area contributed by atoms with Gasteiger partial charge in [-0.25, -0.2) is 4.98 Å². The van der Waals surface area contributed by atoms with Gasteiger partial charge >= 0.3 is 0 Å². The quantitative estimate of drug-likeness (QED) is 0.210. The molecule has 3 heterocycles. The van der Waals surface area contributed by atoms with E-state index in [2.05, 4.69) is 75.2 Å². The third kappa shape index (κ3) is 7.34. The molecule has 4 aromatic rings. The largest absolute Gasteiger partial charge is 0.383 e. The number of fused-ring (bicyclic) bond motifs is 1. The SMILES string of the molecule is COCCN(C)C(=O)C1CN(Cc2cncn2CC2CCN(C(=O)CCc3ccccc3)CC2)C=C1c1cccc2ccccc12. The lowest BCUT2D eigenvalue weighted by atomic mass is 9.90. The maximum atomic E-state index is 13.8. The van der Waals surface area contributed by atoms with Gasteiger partial charge in [0, 0.05) is 65.7 Å². The molecule has 46 heavy (non-hydrogen) atoms. The summed E-state index contributed by atoms with van der Waals surface area (Å²) in [4.78, 5) is 37.3. The molecular formula is C38H45N5O3. The highest BCUT2D eigenvalue weighted by molar-refractivity contribution is 6.00. The molecule has 3 aromatic carbocycles. The first-order valence-corrected chi connectivity index (χ1v) is 16.5. The molecule has 2 aliphatic rings. The molecule has 1 unspecified atom stereocenters. The van der Waals surface area contributed by atoms with E-state index in [9.17, 15) is 9.59 Å². The Morgan fingerprint density at radius 3 is 2.54 bits per heavy atom. The van der Waals surface area contributed by atoms with Gasteiger partial charge in [-0.05, 0) is 52.7 Å². The van der Waals surface area contributed by atoms with Crippen molar-refractivity contribution in [3.05, 3.63) is 108 Å². The predicted octanol–water partition coefficient (Wildman–Crippen LogP) is 5.49. The third-order valence-corrected chi connectivity index (χ3v) is 9.58. The summed E-state index contributed by atoms with van der Waals surface area (Å²) in [7, 11) is 3.53. The lowest BCUT2D eigenvalue weighted by Gasteiger charge is -2.32. The van der Waals surface area contributed by atoms with Crippen LogP contribution in [0.3, 0.4) is 0 Å². The van der Waals surface area contributed by atoms with Gasteiger partial charge in [0.05, 0.1) is 31.1 Å². The van der Waals surface area contributed by atoms with Crippen molar-refractivity contribution in [3.8, 4) is 0 Å². The molecule has 1 aromatic heterocycles. The number of ether oxygens (including phenoxy) is 1. The van der Waals surface area contributed by atoms with Gasteiger partial charge in [-0.3, -0.25) is 9.59 Å². The van der Waals surface area contributed by atoms with Crippen LogP contribution in [-0.4, -0.2) is 83.0 Å². The van der Waals surface area contributed by atoms with Crippen LogP contribution in [0.15, 0.2) is 91.5 Å². The topological polar surface area (TPSA) is 70.9 Å². The molecule has 6 rings (SSSR count). The zero-order chi connectivity index (χ0) is 31.9. The number of imidazole rings is 1. The molecule has 1 saturated heterocycles. The molecule has 0 aliphatic carbocycles. The summed E-state index contributed by atoms with van der Waals surface area (Å²) in [6.07, 6.45) is 9.41. The number of benzene rings is 3. The minimum Gasteiger partial charge on any atom is -0.383 e. The Kier molecular flexibility index (Phi) is 10.1. The fraction of sp³-hybridized carbons (Fsp3) is 0.395. The van der Waals surface area contributed by atoms with E-state index in [4.69, 9.17) is 4.74 Å². The van der Waals surface area contributed by atoms with Crippen molar-refractivity contribution in [3.63, 3.8) is 0 Å². The number of rotatable bonds is 12. The van der Waals surface area contributed by atoms with Crippen LogP contribution in [0.4, 0.5) is 0 Å². The molecule has 2 aliphatic heterocycles. The fourth-order valence-electron chi connectivity index (χ4n) is 6.88. The summed E-state index contributed by atoms with van der Waals surface area (Å²) >= 11 is 0. The van der Waals surface area contributed by atoms with Gasteiger partial charge in [0.15, 0.2) is 0 Å².